The smallest absolute Gasteiger partial charge is 0.0323 e. The minimum Gasteiger partial charge on any atom is -0.309 e. The summed E-state index contributed by atoms with van der Waals surface area (Å²) in [6, 6.07) is 9.67. The van der Waals surface area contributed by atoms with Crippen LogP contribution < -0.4 is 5.32 Å². The second-order valence-electron chi connectivity index (χ2n) is 6.66. The normalized spacial score (nSPS) is 28.8. The third kappa shape index (κ3) is 1.89. The van der Waals surface area contributed by atoms with Crippen molar-refractivity contribution in [1.29, 1.82) is 0 Å². The molecule has 0 radical (unpaired) electrons. The van der Waals surface area contributed by atoms with E-state index < -0.39 is 0 Å². The van der Waals surface area contributed by atoms with E-state index in [0.29, 0.717) is 6.04 Å². The topological polar surface area (TPSA) is 12.0 Å². The molecular formula is C17H23N. The van der Waals surface area contributed by atoms with Gasteiger partial charge in [0.1, 0.15) is 0 Å². The number of rotatable bonds is 4. The average Bonchev–Trinajstić information content (AvgIpc) is 3.28. The van der Waals surface area contributed by atoms with Crippen molar-refractivity contribution in [2.24, 2.45) is 11.3 Å². The second-order valence-corrected chi connectivity index (χ2v) is 6.66. The molecule has 4 rings (SSSR count). The van der Waals surface area contributed by atoms with Gasteiger partial charge in [0.25, 0.3) is 0 Å². The molecule has 2 saturated carbocycles. The van der Waals surface area contributed by atoms with Crippen molar-refractivity contribution in [2.75, 3.05) is 6.54 Å². The van der Waals surface area contributed by atoms with E-state index in [1.54, 1.807) is 11.1 Å². The van der Waals surface area contributed by atoms with Crippen LogP contribution in [0.4, 0.5) is 0 Å². The van der Waals surface area contributed by atoms with Crippen molar-refractivity contribution < 1.29 is 0 Å². The molecule has 0 bridgehead atoms. The van der Waals surface area contributed by atoms with Crippen LogP contribution in [0.5, 0.6) is 0 Å². The van der Waals surface area contributed by atoms with Crippen LogP contribution in [0.2, 0.25) is 0 Å². The van der Waals surface area contributed by atoms with E-state index in [-0.39, 0.29) is 0 Å². The van der Waals surface area contributed by atoms with Crippen molar-refractivity contribution in [1.82, 2.24) is 5.32 Å². The Morgan fingerprint density at radius 2 is 1.94 bits per heavy atom. The molecule has 0 aliphatic heterocycles. The monoisotopic (exact) mass is 241 g/mol. The Bertz CT molecular complexity index is 443. The first kappa shape index (κ1) is 11.0. The fraction of sp³-hybridized carbons (Fsp3) is 0.647. The lowest BCUT2D eigenvalue weighted by Crippen LogP contribution is -2.31. The molecule has 1 N–H and O–H groups in total. The Morgan fingerprint density at radius 3 is 2.72 bits per heavy atom. The summed E-state index contributed by atoms with van der Waals surface area (Å²) in [5, 5.41) is 3.90. The SMILES string of the molecule is c1ccc2c(c1)CCCC2NCC1(C2CC2)CC1. The van der Waals surface area contributed by atoms with Gasteiger partial charge in [0.2, 0.25) is 0 Å². The van der Waals surface area contributed by atoms with E-state index in [9.17, 15) is 0 Å². The van der Waals surface area contributed by atoms with Crippen LogP contribution >= 0.6 is 0 Å². The molecule has 0 saturated heterocycles. The molecule has 0 spiro atoms. The minimum atomic E-state index is 0.631. The van der Waals surface area contributed by atoms with Gasteiger partial charge in [0.15, 0.2) is 0 Å². The number of aryl methyl sites for hydroxylation is 1. The van der Waals surface area contributed by atoms with Crippen LogP contribution in [0.1, 0.15) is 55.7 Å². The number of hydrogen-bond donors (Lipinski definition) is 1. The summed E-state index contributed by atoms with van der Waals surface area (Å²) in [4.78, 5) is 0. The zero-order valence-electron chi connectivity index (χ0n) is 11.1. The molecule has 1 nitrogen and oxygen atoms in total. The van der Waals surface area contributed by atoms with Crippen LogP contribution in [0.15, 0.2) is 24.3 Å². The molecule has 96 valence electrons. The second kappa shape index (κ2) is 4.09. The maximum absolute atomic E-state index is 3.90. The lowest BCUT2D eigenvalue weighted by molar-refractivity contribution is 0.356. The molecule has 1 aromatic carbocycles. The van der Waals surface area contributed by atoms with Gasteiger partial charge in [0, 0.05) is 12.6 Å². The number of hydrogen-bond acceptors (Lipinski definition) is 1. The van der Waals surface area contributed by atoms with Gasteiger partial charge in [-0.25, -0.2) is 0 Å². The molecule has 3 aliphatic rings. The first-order chi connectivity index (χ1) is 8.87. The third-order valence-corrected chi connectivity index (χ3v) is 5.41. The lowest BCUT2D eigenvalue weighted by atomic mass is 9.87. The van der Waals surface area contributed by atoms with Crippen LogP contribution in [0.3, 0.4) is 0 Å². The zero-order chi connectivity index (χ0) is 12.0. The number of nitrogens with one attached hydrogen (secondary N) is 1. The third-order valence-electron chi connectivity index (χ3n) is 5.41. The summed E-state index contributed by atoms with van der Waals surface area (Å²) in [5.41, 5.74) is 3.89. The van der Waals surface area contributed by atoms with Crippen molar-refractivity contribution in [3.05, 3.63) is 35.4 Å². The zero-order valence-corrected chi connectivity index (χ0v) is 11.1. The van der Waals surface area contributed by atoms with Gasteiger partial charge in [-0.1, -0.05) is 24.3 Å². The first-order valence-corrected chi connectivity index (χ1v) is 7.69. The van der Waals surface area contributed by atoms with Gasteiger partial charge in [-0.3, -0.25) is 0 Å². The molecule has 2 fully saturated rings. The summed E-state index contributed by atoms with van der Waals surface area (Å²) in [7, 11) is 0. The average molecular weight is 241 g/mol. The maximum Gasteiger partial charge on any atom is 0.0323 e. The Hall–Kier alpha value is -0.820. The van der Waals surface area contributed by atoms with Gasteiger partial charge in [-0.15, -0.1) is 0 Å². The first-order valence-electron chi connectivity index (χ1n) is 7.69. The van der Waals surface area contributed by atoms with E-state index in [4.69, 9.17) is 0 Å². The van der Waals surface area contributed by atoms with Crippen LogP contribution in [0.25, 0.3) is 0 Å². The maximum atomic E-state index is 3.90. The van der Waals surface area contributed by atoms with Crippen LogP contribution in [0, 0.1) is 11.3 Å². The highest BCUT2D eigenvalue weighted by molar-refractivity contribution is 5.32. The molecule has 0 amide bonds. The van der Waals surface area contributed by atoms with Crippen molar-refractivity contribution in [3.8, 4) is 0 Å². The van der Waals surface area contributed by atoms with Gasteiger partial charge in [0.05, 0.1) is 0 Å². The summed E-state index contributed by atoms with van der Waals surface area (Å²) < 4.78 is 0. The summed E-state index contributed by atoms with van der Waals surface area (Å²) in [5.74, 6) is 1.07. The molecule has 0 heterocycles. The summed E-state index contributed by atoms with van der Waals surface area (Å²) in [6.45, 7) is 1.27. The largest absolute Gasteiger partial charge is 0.309 e. The van der Waals surface area contributed by atoms with Crippen LogP contribution in [-0.2, 0) is 6.42 Å². The fourth-order valence-electron chi connectivity index (χ4n) is 3.88. The van der Waals surface area contributed by atoms with Gasteiger partial charge < -0.3 is 5.32 Å². The van der Waals surface area contributed by atoms with E-state index >= 15 is 0 Å². The molecule has 1 atom stereocenters. The van der Waals surface area contributed by atoms with Gasteiger partial charge >= 0.3 is 0 Å². The number of benzene rings is 1. The molecule has 1 aromatic rings. The molecule has 1 heteroatoms. The fourth-order valence-corrected chi connectivity index (χ4v) is 3.88. The Balaban J connectivity index is 1.46. The molecular weight excluding hydrogens is 218 g/mol. The highest BCUT2D eigenvalue weighted by atomic mass is 14.9. The standard InChI is InChI=1S/C17H23N/c1-2-6-15-13(4-1)5-3-7-16(15)18-12-17(10-11-17)14-8-9-14/h1-2,4,6,14,16,18H,3,5,7-12H2. The predicted octanol–water partition coefficient (Wildman–Crippen LogP) is 3.84. The molecule has 1 unspecified atom stereocenters. The summed E-state index contributed by atoms with van der Waals surface area (Å²) >= 11 is 0. The van der Waals surface area contributed by atoms with E-state index in [1.807, 2.05) is 0 Å². The highest BCUT2D eigenvalue weighted by Gasteiger charge is 2.53. The van der Waals surface area contributed by atoms with E-state index in [2.05, 4.69) is 29.6 Å². The highest BCUT2D eigenvalue weighted by Crippen LogP contribution is 2.61. The quantitative estimate of drug-likeness (QED) is 0.844. The van der Waals surface area contributed by atoms with Crippen LogP contribution in [-0.4, -0.2) is 6.54 Å². The van der Waals surface area contributed by atoms with Gasteiger partial charge in [-0.2, -0.15) is 0 Å². The molecule has 0 aromatic heterocycles. The predicted molar refractivity (Wildman–Crippen MR) is 74.5 cm³/mol. The Labute approximate surface area is 110 Å². The van der Waals surface area contributed by atoms with Crippen molar-refractivity contribution in [3.63, 3.8) is 0 Å². The lowest BCUT2D eigenvalue weighted by Gasteiger charge is -2.28. The molecule has 18 heavy (non-hydrogen) atoms. The molecule has 3 aliphatic carbocycles. The van der Waals surface area contributed by atoms with Crippen molar-refractivity contribution in [2.45, 2.75) is 51.0 Å². The minimum absolute atomic E-state index is 0.631. The summed E-state index contributed by atoms with van der Waals surface area (Å²) in [6.07, 6.45) is 9.94. The van der Waals surface area contributed by atoms with Crippen molar-refractivity contribution >= 4 is 0 Å². The Kier molecular flexibility index (Phi) is 2.51. The van der Waals surface area contributed by atoms with E-state index in [1.165, 1.54) is 51.5 Å². The van der Waals surface area contributed by atoms with Gasteiger partial charge in [-0.05, 0) is 67.4 Å². The van der Waals surface area contributed by atoms with E-state index in [0.717, 1.165) is 11.3 Å². The number of fused-ring (bicyclic) bond motifs is 1. The Morgan fingerprint density at radius 1 is 1.11 bits per heavy atom.